The Bertz CT molecular complexity index is 171. The Morgan fingerprint density at radius 2 is 2.50 bits per heavy atom. The second-order valence-corrected chi connectivity index (χ2v) is 3.31. The average molecular weight is 219 g/mol. The summed E-state index contributed by atoms with van der Waals surface area (Å²) in [4.78, 5) is 3.94. The Kier molecular flexibility index (Phi) is 2.14. The van der Waals surface area contributed by atoms with Gasteiger partial charge < -0.3 is 0 Å². The van der Waals surface area contributed by atoms with Crippen LogP contribution in [0.2, 0.25) is 0 Å². The van der Waals surface area contributed by atoms with Gasteiger partial charge in [-0.05, 0) is 12.1 Å². The standard InChI is InChI=1S/C6H6IN/c1-7-6-3-2-4-8-5-6/h2-5H,1H2. The van der Waals surface area contributed by atoms with Crippen LogP contribution < -0.4 is 0 Å². The summed E-state index contributed by atoms with van der Waals surface area (Å²) in [6.07, 6.45) is 3.66. The van der Waals surface area contributed by atoms with Crippen molar-refractivity contribution >= 4 is 25.2 Å². The number of hydrogen-bond acceptors (Lipinski definition) is 1. The second kappa shape index (κ2) is 2.91. The first-order valence-electron chi connectivity index (χ1n) is 2.22. The maximum absolute atomic E-state index is 3.94. The van der Waals surface area contributed by atoms with Gasteiger partial charge in [0.2, 0.25) is 0 Å². The van der Waals surface area contributed by atoms with E-state index in [-0.39, 0.29) is 20.7 Å². The molecule has 0 bridgehead atoms. The number of aromatic nitrogens is 1. The minimum absolute atomic E-state index is 0.00316. The molecule has 0 spiro atoms. The highest BCUT2D eigenvalue weighted by Gasteiger charge is 1.77. The molecule has 0 saturated carbocycles. The molecule has 0 amide bonds. The van der Waals surface area contributed by atoms with Gasteiger partial charge in [-0.15, -0.1) is 0 Å². The van der Waals surface area contributed by atoms with Crippen molar-refractivity contribution in [1.29, 1.82) is 0 Å². The molecule has 0 N–H and O–H groups in total. The van der Waals surface area contributed by atoms with Crippen LogP contribution in [0.4, 0.5) is 0 Å². The van der Waals surface area contributed by atoms with Crippen LogP contribution in [-0.2, 0) is 0 Å². The summed E-state index contributed by atoms with van der Waals surface area (Å²) < 4.78 is 5.12. The van der Waals surface area contributed by atoms with Gasteiger partial charge in [-0.1, -0.05) is 25.2 Å². The number of halogens is 1. The highest BCUT2D eigenvalue weighted by molar-refractivity contribution is 14.2. The molecule has 1 aromatic heterocycles. The van der Waals surface area contributed by atoms with Crippen LogP contribution in [0.25, 0.3) is 0 Å². The summed E-state index contributed by atoms with van der Waals surface area (Å²) in [5, 5.41) is 0. The Morgan fingerprint density at radius 3 is 2.88 bits per heavy atom. The maximum atomic E-state index is 3.94. The molecule has 1 nitrogen and oxygen atoms in total. The summed E-state index contributed by atoms with van der Waals surface area (Å²) in [6, 6.07) is 4.01. The van der Waals surface area contributed by atoms with Crippen molar-refractivity contribution in [3.8, 4) is 0 Å². The molecule has 0 radical (unpaired) electrons. The van der Waals surface area contributed by atoms with Crippen LogP contribution in [-0.4, -0.2) is 9.50 Å². The van der Waals surface area contributed by atoms with Crippen LogP contribution >= 0.6 is 20.7 Å². The topological polar surface area (TPSA) is 12.9 Å². The van der Waals surface area contributed by atoms with E-state index in [1.807, 2.05) is 12.3 Å². The first kappa shape index (κ1) is 5.88. The molecule has 0 aliphatic carbocycles. The lowest BCUT2D eigenvalue weighted by molar-refractivity contribution is 1.31. The Morgan fingerprint density at radius 1 is 1.62 bits per heavy atom. The molecule has 1 rings (SSSR count). The van der Waals surface area contributed by atoms with Gasteiger partial charge in [0.25, 0.3) is 0 Å². The van der Waals surface area contributed by atoms with E-state index in [0.29, 0.717) is 0 Å². The zero-order chi connectivity index (χ0) is 5.82. The van der Waals surface area contributed by atoms with E-state index in [1.165, 1.54) is 3.57 Å². The van der Waals surface area contributed by atoms with Gasteiger partial charge in [-0.25, -0.2) is 0 Å². The molecule has 1 aromatic rings. The van der Waals surface area contributed by atoms with Gasteiger partial charge in [0.1, 0.15) is 0 Å². The normalized spacial score (nSPS) is 9.00. The Labute approximate surface area is 58.5 Å². The van der Waals surface area contributed by atoms with Gasteiger partial charge in [-0.2, -0.15) is 0 Å². The lowest BCUT2D eigenvalue weighted by Crippen LogP contribution is -1.70. The summed E-state index contributed by atoms with van der Waals surface area (Å²) in [5.74, 6) is 0. The number of rotatable bonds is 1. The van der Waals surface area contributed by atoms with Crippen LogP contribution in [0, 0.1) is 3.57 Å². The fourth-order valence-electron chi connectivity index (χ4n) is 0.421. The van der Waals surface area contributed by atoms with Crippen molar-refractivity contribution in [2.24, 2.45) is 0 Å². The fraction of sp³-hybridized carbons (Fsp3) is 0. The molecular weight excluding hydrogens is 213 g/mol. The lowest BCUT2D eigenvalue weighted by atomic mass is 10.5. The summed E-state index contributed by atoms with van der Waals surface area (Å²) >= 11 is -0.00316. The predicted molar refractivity (Wildman–Crippen MR) is 44.1 cm³/mol. The molecule has 2 heteroatoms. The predicted octanol–water partition coefficient (Wildman–Crippen LogP) is 1.65. The molecular formula is C6H6IN. The fourth-order valence-corrected chi connectivity index (χ4v) is 1.24. The van der Waals surface area contributed by atoms with Crippen LogP contribution in [0.15, 0.2) is 24.5 Å². The molecule has 42 valence electrons. The van der Waals surface area contributed by atoms with Crippen molar-refractivity contribution < 1.29 is 0 Å². The Balaban J connectivity index is 2.99. The van der Waals surface area contributed by atoms with Crippen molar-refractivity contribution in [3.05, 3.63) is 28.1 Å². The SMILES string of the molecule is C=Ic1cccnc1. The molecule has 0 aliphatic rings. The third-order valence-electron chi connectivity index (χ3n) is 0.780. The largest absolute Gasteiger partial charge is 0.264 e. The lowest BCUT2D eigenvalue weighted by Gasteiger charge is -1.83. The van der Waals surface area contributed by atoms with Crippen molar-refractivity contribution in [1.82, 2.24) is 4.98 Å². The van der Waals surface area contributed by atoms with E-state index < -0.39 is 0 Å². The summed E-state index contributed by atoms with van der Waals surface area (Å²) in [5.41, 5.74) is 0. The van der Waals surface area contributed by atoms with E-state index in [0.717, 1.165) is 0 Å². The number of hydrogen-bond donors (Lipinski definition) is 0. The molecule has 0 saturated heterocycles. The van der Waals surface area contributed by atoms with Crippen molar-refractivity contribution in [3.63, 3.8) is 0 Å². The van der Waals surface area contributed by atoms with E-state index in [9.17, 15) is 0 Å². The van der Waals surface area contributed by atoms with Gasteiger partial charge in [0.05, 0.1) is 0 Å². The summed E-state index contributed by atoms with van der Waals surface area (Å²) in [6.45, 7) is 0. The quantitative estimate of drug-likeness (QED) is 0.654. The maximum Gasteiger partial charge on any atom is 0.0397 e. The molecule has 0 aromatic carbocycles. The zero-order valence-corrected chi connectivity index (χ0v) is 6.50. The van der Waals surface area contributed by atoms with Gasteiger partial charge in [0.15, 0.2) is 0 Å². The minimum atomic E-state index is -0.00316. The van der Waals surface area contributed by atoms with Crippen LogP contribution in [0.5, 0.6) is 0 Å². The van der Waals surface area contributed by atoms with E-state index in [2.05, 4.69) is 15.6 Å². The molecule has 0 atom stereocenters. The van der Waals surface area contributed by atoms with Crippen LogP contribution in [0.1, 0.15) is 0 Å². The molecule has 8 heavy (non-hydrogen) atoms. The van der Waals surface area contributed by atoms with Gasteiger partial charge >= 0.3 is 0 Å². The van der Waals surface area contributed by atoms with Gasteiger partial charge in [-0.3, -0.25) is 4.98 Å². The van der Waals surface area contributed by atoms with E-state index in [1.54, 1.807) is 6.20 Å². The first-order chi connectivity index (χ1) is 3.93. The first-order valence-corrected chi connectivity index (χ1v) is 4.82. The molecule has 1 heterocycles. The minimum Gasteiger partial charge on any atom is -0.264 e. The molecule has 0 fully saturated rings. The van der Waals surface area contributed by atoms with E-state index in [4.69, 9.17) is 0 Å². The molecule has 0 aliphatic heterocycles. The number of pyridine rings is 1. The van der Waals surface area contributed by atoms with E-state index >= 15 is 0 Å². The monoisotopic (exact) mass is 219 g/mol. The summed E-state index contributed by atoms with van der Waals surface area (Å²) in [7, 11) is 0. The van der Waals surface area contributed by atoms with Crippen LogP contribution in [0.3, 0.4) is 0 Å². The van der Waals surface area contributed by atoms with Gasteiger partial charge in [0, 0.05) is 16.0 Å². The Hall–Kier alpha value is -0.250. The van der Waals surface area contributed by atoms with Crippen molar-refractivity contribution in [2.45, 2.75) is 0 Å². The highest BCUT2D eigenvalue weighted by Crippen LogP contribution is 2.04. The second-order valence-electron chi connectivity index (χ2n) is 1.30. The zero-order valence-electron chi connectivity index (χ0n) is 4.34. The smallest absolute Gasteiger partial charge is 0.0397 e. The third kappa shape index (κ3) is 1.36. The highest BCUT2D eigenvalue weighted by atomic mass is 127. The van der Waals surface area contributed by atoms with Crippen molar-refractivity contribution in [2.75, 3.05) is 0 Å². The number of nitrogens with zero attached hydrogens (tertiary/aromatic N) is 1. The average Bonchev–Trinajstić information content (AvgIpc) is 1.90. The third-order valence-corrected chi connectivity index (χ3v) is 2.30. The molecule has 0 unspecified atom stereocenters.